The minimum Gasteiger partial charge on any atom is -0.0614 e. The van der Waals surface area contributed by atoms with Crippen LogP contribution in [0.25, 0.3) is 226 Å². The van der Waals surface area contributed by atoms with Crippen molar-refractivity contribution in [1.29, 1.82) is 0 Å². The SMILES string of the molecule is Cc1ccc2c(ccc3c4ccc(C)cc4ccc23)c1.Cc1ccc2cc3cc4cc(C)ccc4cc3cc2c1.Cc1ccc2cc3cc4ccc(C)cc4cc3cc2c1.Cc1ccc2ccc3c4cc(C)ccc4ccc3c2c1.Cc1ccc2ccc3c4cccc(C)c4ccc3c2c1.Cc1cccc2cc3cc4c(C)cccc4cc3cc12.Cc1cccc2cc3cc4cccc(C)c4cc3cc12. The van der Waals surface area contributed by atoms with Crippen LogP contribution >= 0.6 is 0 Å². The maximum atomic E-state index is 2.33. The molecule has 0 aliphatic carbocycles. The largest absolute Gasteiger partial charge is 0.0614 e. The molecule has 0 spiro atoms. The second-order valence-corrected chi connectivity index (χ2v) is 39.8. The van der Waals surface area contributed by atoms with Gasteiger partial charge < -0.3 is 0 Å². The molecule has 0 N–H and O–H groups in total. The molecule has 0 amide bonds. The van der Waals surface area contributed by atoms with Crippen molar-refractivity contribution in [3.05, 3.63) is 503 Å². The third-order valence-electron chi connectivity index (χ3n) is 29.2. The molecule has 0 aliphatic rings. The van der Waals surface area contributed by atoms with Crippen molar-refractivity contribution >= 4 is 226 Å². The van der Waals surface area contributed by atoms with Gasteiger partial charge >= 0.3 is 0 Å². The molecule has 672 valence electrons. The molecule has 28 rings (SSSR count). The van der Waals surface area contributed by atoms with Gasteiger partial charge in [0.15, 0.2) is 0 Å². The fourth-order valence-electron chi connectivity index (χ4n) is 21.6. The van der Waals surface area contributed by atoms with Crippen LogP contribution in [0, 0.1) is 96.9 Å². The summed E-state index contributed by atoms with van der Waals surface area (Å²) in [5.41, 5.74) is 18.5. The summed E-state index contributed by atoms with van der Waals surface area (Å²) < 4.78 is 0. The number of benzene rings is 28. The minimum absolute atomic E-state index is 1.31. The normalized spacial score (nSPS) is 11.5. The Bertz CT molecular complexity index is 9270. The lowest BCUT2D eigenvalue weighted by molar-refractivity contribution is 1.51. The lowest BCUT2D eigenvalue weighted by atomic mass is 9.95. The van der Waals surface area contributed by atoms with Crippen molar-refractivity contribution in [2.45, 2.75) is 96.9 Å². The predicted molar refractivity (Wildman–Crippen MR) is 619 cm³/mol. The van der Waals surface area contributed by atoms with Gasteiger partial charge in [-0.05, 0) is 448 Å². The van der Waals surface area contributed by atoms with Gasteiger partial charge in [-0.2, -0.15) is 0 Å². The molecule has 0 heteroatoms. The first-order valence-corrected chi connectivity index (χ1v) is 49.3. The summed E-state index contributed by atoms with van der Waals surface area (Å²) in [5.74, 6) is 0. The van der Waals surface area contributed by atoms with Gasteiger partial charge in [-0.15, -0.1) is 0 Å². The fraction of sp³-hybridized carbons (Fsp3) is 0.100. The van der Waals surface area contributed by atoms with E-state index in [2.05, 4.69) is 522 Å². The molecular weight excluding hydrogens is 1680 g/mol. The molecule has 0 nitrogen and oxygen atoms in total. The summed E-state index contributed by atoms with van der Waals surface area (Å²) >= 11 is 0. The van der Waals surface area contributed by atoms with E-state index in [1.54, 1.807) is 0 Å². The van der Waals surface area contributed by atoms with Crippen molar-refractivity contribution in [3.8, 4) is 0 Å². The summed E-state index contributed by atoms with van der Waals surface area (Å²) in [7, 11) is 0. The molecular formula is C140H112. The number of hydrogen-bond donors (Lipinski definition) is 0. The molecule has 28 aromatic carbocycles. The summed E-state index contributed by atoms with van der Waals surface area (Å²) in [6, 6.07) is 157. The van der Waals surface area contributed by atoms with E-state index in [4.69, 9.17) is 0 Å². The summed E-state index contributed by atoms with van der Waals surface area (Å²) in [4.78, 5) is 0. The average Bonchev–Trinajstić information content (AvgIpc) is 0.745. The molecule has 140 heavy (non-hydrogen) atoms. The second-order valence-electron chi connectivity index (χ2n) is 39.8. The highest BCUT2D eigenvalue weighted by molar-refractivity contribution is 6.21. The number of aryl methyl sites for hydroxylation is 14. The summed E-state index contributed by atoms with van der Waals surface area (Å²) in [5, 5.41) is 56.0. The first kappa shape index (κ1) is 88.9. The second kappa shape index (κ2) is 36.9. The van der Waals surface area contributed by atoms with Gasteiger partial charge in [-0.1, -0.05) is 378 Å². The smallest absolute Gasteiger partial charge is 0.00989 e. The van der Waals surface area contributed by atoms with Gasteiger partial charge in [0.2, 0.25) is 0 Å². The van der Waals surface area contributed by atoms with Gasteiger partial charge in [0.05, 0.1) is 0 Å². The molecule has 0 unspecified atom stereocenters. The van der Waals surface area contributed by atoms with Crippen LogP contribution < -0.4 is 0 Å². The third-order valence-corrected chi connectivity index (χ3v) is 29.2. The molecule has 0 saturated heterocycles. The van der Waals surface area contributed by atoms with E-state index in [1.807, 2.05) is 0 Å². The number of hydrogen-bond acceptors (Lipinski definition) is 0. The van der Waals surface area contributed by atoms with Gasteiger partial charge in [-0.25, -0.2) is 0 Å². The van der Waals surface area contributed by atoms with Crippen molar-refractivity contribution in [2.75, 3.05) is 0 Å². The highest BCUT2D eigenvalue weighted by Crippen LogP contribution is 2.41. The van der Waals surface area contributed by atoms with Crippen molar-refractivity contribution in [2.24, 2.45) is 0 Å². The monoisotopic (exact) mass is 1790 g/mol. The zero-order valence-electron chi connectivity index (χ0n) is 82.4. The maximum Gasteiger partial charge on any atom is -0.00989 e. The van der Waals surface area contributed by atoms with Crippen LogP contribution in [0.4, 0.5) is 0 Å². The highest BCUT2D eigenvalue weighted by atomic mass is 14.2. The number of fused-ring (bicyclic) bond motifs is 27. The van der Waals surface area contributed by atoms with E-state index in [-0.39, 0.29) is 0 Å². The molecule has 0 radical (unpaired) electrons. The molecule has 0 saturated carbocycles. The van der Waals surface area contributed by atoms with E-state index in [0.29, 0.717) is 0 Å². The van der Waals surface area contributed by atoms with E-state index in [9.17, 15) is 0 Å². The molecule has 0 fully saturated rings. The molecule has 0 atom stereocenters. The van der Waals surface area contributed by atoms with E-state index < -0.39 is 0 Å². The molecule has 0 heterocycles. The third kappa shape index (κ3) is 17.7. The zero-order valence-corrected chi connectivity index (χ0v) is 82.4. The molecule has 0 bridgehead atoms. The van der Waals surface area contributed by atoms with Crippen molar-refractivity contribution < 1.29 is 0 Å². The predicted octanol–water partition coefficient (Wildman–Crippen LogP) is 40.3. The Balaban J connectivity index is 0.0000000939. The molecule has 0 aromatic heterocycles. The highest BCUT2D eigenvalue weighted by Gasteiger charge is 2.14. The van der Waals surface area contributed by atoms with Crippen molar-refractivity contribution in [3.63, 3.8) is 0 Å². The molecule has 0 aliphatic heterocycles. The van der Waals surface area contributed by atoms with Crippen LogP contribution in [0.3, 0.4) is 0 Å². The lowest BCUT2D eigenvalue weighted by Crippen LogP contribution is -1.83. The Morgan fingerprint density at radius 3 is 0.536 bits per heavy atom. The van der Waals surface area contributed by atoms with Crippen LogP contribution in [-0.4, -0.2) is 0 Å². The van der Waals surface area contributed by atoms with E-state index in [1.165, 1.54) is 304 Å². The van der Waals surface area contributed by atoms with Crippen molar-refractivity contribution in [1.82, 2.24) is 0 Å². The average molecular weight is 1790 g/mol. The zero-order chi connectivity index (χ0) is 95.8. The quantitative estimate of drug-likeness (QED) is 0.105. The number of rotatable bonds is 0. The summed E-state index contributed by atoms with van der Waals surface area (Å²) in [6.45, 7) is 30.2. The Morgan fingerprint density at radius 2 is 0.236 bits per heavy atom. The van der Waals surface area contributed by atoms with Gasteiger partial charge in [0.1, 0.15) is 0 Å². The van der Waals surface area contributed by atoms with Crippen LogP contribution in [0.15, 0.2) is 425 Å². The van der Waals surface area contributed by atoms with Gasteiger partial charge in [0.25, 0.3) is 0 Å². The Kier molecular flexibility index (Phi) is 23.4. The first-order chi connectivity index (χ1) is 68.0. The van der Waals surface area contributed by atoms with E-state index in [0.717, 1.165) is 0 Å². The Hall–Kier alpha value is -16.4. The Labute approximate surface area is 819 Å². The lowest BCUT2D eigenvalue weighted by Gasteiger charge is -2.09. The van der Waals surface area contributed by atoms with E-state index >= 15 is 0 Å². The van der Waals surface area contributed by atoms with Gasteiger partial charge in [-0.3, -0.25) is 0 Å². The minimum atomic E-state index is 1.31. The fourth-order valence-corrected chi connectivity index (χ4v) is 21.6. The molecule has 28 aromatic rings. The van der Waals surface area contributed by atoms with Crippen LogP contribution in [-0.2, 0) is 0 Å². The standard InChI is InChI=1S/7C20H16/c1-13-3-7-17-15(11-13)5-9-20-18-8-4-14(2)12-16(18)6-10-19(17)20;1-13-3-5-15-9-20-12-18-8-14(2)4-6-16(18)10-19(20)11-17(15)7-13;1-13-3-5-15-9-19-10-16-6-4-14(2)8-18(16)12-20(19)11-17(15)7-13;1-13-3-5-15-7-10-18-17(19(15)11-13)9-8-16-6-4-14(2)12-20(16)18;1-13-5-3-7-15-9-18-12-20-14(2)6-4-8-16(20)10-17(18)11-19(13)15;1-13-5-3-7-15-9-17-10-16-8-4-6-14(2)20(16)12-18(17)11-19(13)15;1-13-6-7-15-8-9-18-17-5-3-4-14(2)16(17)10-11-19(18)20(15)12-13/h7*3-12H,1-2H3. The van der Waals surface area contributed by atoms with Crippen LogP contribution in [0.1, 0.15) is 77.9 Å². The maximum absolute atomic E-state index is 2.33. The topological polar surface area (TPSA) is 0 Å². The van der Waals surface area contributed by atoms with Crippen LogP contribution in [0.2, 0.25) is 0 Å². The van der Waals surface area contributed by atoms with Gasteiger partial charge in [0, 0.05) is 0 Å². The van der Waals surface area contributed by atoms with Crippen LogP contribution in [0.5, 0.6) is 0 Å². The first-order valence-electron chi connectivity index (χ1n) is 49.3. The summed E-state index contributed by atoms with van der Waals surface area (Å²) in [6.07, 6.45) is 0. The Morgan fingerprint density at radius 1 is 0.0786 bits per heavy atom.